The molecule has 0 radical (unpaired) electrons. The monoisotopic (exact) mass is 497 g/mol. The molecule has 176 valence electrons. The van der Waals surface area contributed by atoms with Gasteiger partial charge in [0.1, 0.15) is 18.1 Å². The highest BCUT2D eigenvalue weighted by atomic mass is 32.2. The Morgan fingerprint density at radius 1 is 1.09 bits per heavy atom. The number of carbonyl (C=O) groups is 1. The van der Waals surface area contributed by atoms with E-state index in [2.05, 4.69) is 4.72 Å². The second kappa shape index (κ2) is 10.8. The quantitative estimate of drug-likeness (QED) is 0.255. The number of rotatable bonds is 8. The molecular formula is C25H23NO6S2. The Morgan fingerprint density at radius 2 is 1.85 bits per heavy atom. The van der Waals surface area contributed by atoms with Crippen LogP contribution in [0, 0.1) is 0 Å². The smallest absolute Gasteiger partial charge is 0.489 e. The molecule has 7 nitrogen and oxygen atoms in total. The highest BCUT2D eigenvalue weighted by Gasteiger charge is 2.26. The maximum absolute atomic E-state index is 12.4. The molecule has 1 unspecified atom stereocenters. The number of thioether (sulfide) groups is 1. The summed E-state index contributed by atoms with van der Waals surface area (Å²) in [5.41, 5.74) is 3.63. The van der Waals surface area contributed by atoms with Gasteiger partial charge >= 0.3 is 6.16 Å². The van der Waals surface area contributed by atoms with Crippen molar-refractivity contribution < 1.29 is 27.8 Å². The molecule has 2 N–H and O–H groups in total. The largest absolute Gasteiger partial charge is 0.511 e. The first-order valence-electron chi connectivity index (χ1n) is 10.5. The summed E-state index contributed by atoms with van der Waals surface area (Å²) in [4.78, 5) is 11.0. The molecule has 0 saturated heterocycles. The molecule has 1 aliphatic rings. The van der Waals surface area contributed by atoms with Crippen LogP contribution in [0.15, 0.2) is 78.2 Å². The minimum Gasteiger partial charge on any atom is -0.489 e. The number of hydrogen-bond acceptors (Lipinski definition) is 6. The standard InChI is InChI=1S/C25H23NO6S2/c27-25(28)32-20-10-11-23-22(16-20)24(21-9-5-4-8-19(21)17-31-23)33-14-13-26-34(29,30)15-12-18-6-2-1-3-7-18/h1-12,15-16,24,26H,13-14,17H2,(H,27,28). The van der Waals surface area contributed by atoms with Gasteiger partial charge in [-0.15, -0.1) is 11.8 Å². The Hall–Kier alpha value is -3.27. The zero-order valence-corrected chi connectivity index (χ0v) is 19.7. The first-order chi connectivity index (χ1) is 16.4. The summed E-state index contributed by atoms with van der Waals surface area (Å²) in [5.74, 6) is 1.32. The number of ether oxygens (including phenoxy) is 2. The molecule has 9 heteroatoms. The Labute approximate surface area is 202 Å². The van der Waals surface area contributed by atoms with Gasteiger partial charge in [-0.2, -0.15) is 0 Å². The van der Waals surface area contributed by atoms with Gasteiger partial charge in [0.05, 0.1) is 5.25 Å². The fourth-order valence-electron chi connectivity index (χ4n) is 3.59. The van der Waals surface area contributed by atoms with Crippen LogP contribution in [-0.2, 0) is 16.6 Å². The van der Waals surface area contributed by atoms with Crippen LogP contribution in [0.5, 0.6) is 11.5 Å². The molecule has 34 heavy (non-hydrogen) atoms. The van der Waals surface area contributed by atoms with Crippen molar-refractivity contribution in [2.24, 2.45) is 0 Å². The third kappa shape index (κ3) is 6.19. The van der Waals surface area contributed by atoms with E-state index in [1.54, 1.807) is 36.0 Å². The average Bonchev–Trinajstić information content (AvgIpc) is 2.98. The van der Waals surface area contributed by atoms with E-state index in [1.807, 2.05) is 54.6 Å². The highest BCUT2D eigenvalue weighted by Crippen LogP contribution is 2.45. The topological polar surface area (TPSA) is 102 Å². The first-order valence-corrected chi connectivity index (χ1v) is 13.1. The lowest BCUT2D eigenvalue weighted by Gasteiger charge is -2.19. The van der Waals surface area contributed by atoms with Gasteiger partial charge in [0.2, 0.25) is 10.0 Å². The molecule has 4 rings (SSSR count). The van der Waals surface area contributed by atoms with Crippen LogP contribution >= 0.6 is 11.8 Å². The molecule has 0 spiro atoms. The molecule has 0 amide bonds. The Bertz CT molecular complexity index is 1290. The van der Waals surface area contributed by atoms with E-state index in [1.165, 1.54) is 0 Å². The van der Waals surface area contributed by atoms with Gasteiger partial charge < -0.3 is 14.6 Å². The Morgan fingerprint density at radius 3 is 2.65 bits per heavy atom. The lowest BCUT2D eigenvalue weighted by molar-refractivity contribution is 0.144. The van der Waals surface area contributed by atoms with Crippen LogP contribution in [0.25, 0.3) is 6.08 Å². The SMILES string of the molecule is O=C(O)Oc1ccc2c(c1)C(SCCNS(=O)(=O)C=Cc1ccccc1)c1ccccc1CO2. The van der Waals surface area contributed by atoms with Gasteiger partial charge in [0.25, 0.3) is 0 Å². The molecular weight excluding hydrogens is 474 g/mol. The van der Waals surface area contributed by atoms with Gasteiger partial charge in [-0.25, -0.2) is 17.9 Å². The lowest BCUT2D eigenvalue weighted by atomic mass is 10.00. The van der Waals surface area contributed by atoms with Gasteiger partial charge in [-0.05, 0) is 41.0 Å². The van der Waals surface area contributed by atoms with Gasteiger partial charge in [-0.1, -0.05) is 54.6 Å². The van der Waals surface area contributed by atoms with E-state index in [4.69, 9.17) is 14.6 Å². The second-order valence-corrected chi connectivity index (χ2v) is 10.3. The molecule has 3 aromatic carbocycles. The van der Waals surface area contributed by atoms with Crippen LogP contribution in [0.3, 0.4) is 0 Å². The van der Waals surface area contributed by atoms with Crippen LogP contribution < -0.4 is 14.2 Å². The molecule has 0 aromatic heterocycles. The van der Waals surface area contributed by atoms with Crippen LogP contribution in [-0.4, -0.2) is 32.0 Å². The number of nitrogens with one attached hydrogen (secondary N) is 1. The normalized spacial score (nSPS) is 15.1. The van der Waals surface area contributed by atoms with Crippen LogP contribution in [0.2, 0.25) is 0 Å². The summed E-state index contributed by atoms with van der Waals surface area (Å²) in [6.07, 6.45) is 0.159. The van der Waals surface area contributed by atoms with Crippen LogP contribution in [0.1, 0.15) is 27.5 Å². The fraction of sp³-hybridized carbons (Fsp3) is 0.160. The predicted molar refractivity (Wildman–Crippen MR) is 133 cm³/mol. The molecule has 1 heterocycles. The molecule has 0 aliphatic carbocycles. The van der Waals surface area contributed by atoms with Gasteiger partial charge in [0.15, 0.2) is 0 Å². The maximum Gasteiger partial charge on any atom is 0.511 e. The summed E-state index contributed by atoms with van der Waals surface area (Å²) in [5, 5.41) is 9.96. The van der Waals surface area contributed by atoms with Crippen molar-refractivity contribution >= 4 is 34.0 Å². The van der Waals surface area contributed by atoms with Crippen molar-refractivity contribution in [2.75, 3.05) is 12.3 Å². The third-order valence-electron chi connectivity index (χ3n) is 5.12. The van der Waals surface area contributed by atoms with E-state index >= 15 is 0 Å². The average molecular weight is 498 g/mol. The Kier molecular flexibility index (Phi) is 7.56. The van der Waals surface area contributed by atoms with Crippen LogP contribution in [0.4, 0.5) is 4.79 Å². The number of sulfonamides is 1. The molecule has 0 saturated carbocycles. The van der Waals surface area contributed by atoms with E-state index < -0.39 is 16.2 Å². The first kappa shape index (κ1) is 23.9. The molecule has 0 fully saturated rings. The summed E-state index contributed by atoms with van der Waals surface area (Å²) in [6.45, 7) is 0.614. The summed E-state index contributed by atoms with van der Waals surface area (Å²) in [6, 6.07) is 22.0. The third-order valence-corrected chi connectivity index (χ3v) is 7.50. The van der Waals surface area contributed by atoms with Crippen molar-refractivity contribution in [3.8, 4) is 11.5 Å². The molecule has 3 aromatic rings. The zero-order chi connectivity index (χ0) is 24.0. The fourth-order valence-corrected chi connectivity index (χ4v) is 5.77. The highest BCUT2D eigenvalue weighted by molar-refractivity contribution is 7.99. The number of carboxylic acid groups (broad SMARTS) is 1. The van der Waals surface area contributed by atoms with E-state index in [0.29, 0.717) is 18.1 Å². The lowest BCUT2D eigenvalue weighted by Crippen LogP contribution is -2.24. The molecule has 1 aliphatic heterocycles. The molecule has 0 bridgehead atoms. The summed E-state index contributed by atoms with van der Waals surface area (Å²) < 4.78 is 38.1. The predicted octanol–water partition coefficient (Wildman–Crippen LogP) is 5.05. The van der Waals surface area contributed by atoms with Crippen molar-refractivity contribution in [1.82, 2.24) is 4.72 Å². The maximum atomic E-state index is 12.4. The van der Waals surface area contributed by atoms with E-state index in [-0.39, 0.29) is 17.5 Å². The minimum absolute atomic E-state index is 0.185. The van der Waals surface area contributed by atoms with Crippen molar-refractivity contribution in [1.29, 1.82) is 0 Å². The molecule has 1 atom stereocenters. The van der Waals surface area contributed by atoms with E-state index in [0.717, 1.165) is 27.7 Å². The Balaban J connectivity index is 1.48. The zero-order valence-electron chi connectivity index (χ0n) is 18.1. The van der Waals surface area contributed by atoms with Crippen molar-refractivity contribution in [3.63, 3.8) is 0 Å². The summed E-state index contributed by atoms with van der Waals surface area (Å²) in [7, 11) is -3.59. The number of benzene rings is 3. The van der Waals surface area contributed by atoms with Crippen molar-refractivity contribution in [3.05, 3.63) is 100 Å². The summed E-state index contributed by atoms with van der Waals surface area (Å²) >= 11 is 1.54. The number of fused-ring (bicyclic) bond motifs is 2. The number of hydrogen-bond donors (Lipinski definition) is 2. The van der Waals surface area contributed by atoms with Gasteiger partial charge in [-0.3, -0.25) is 0 Å². The van der Waals surface area contributed by atoms with Crippen molar-refractivity contribution in [2.45, 2.75) is 11.9 Å². The second-order valence-electron chi connectivity index (χ2n) is 7.46. The van der Waals surface area contributed by atoms with Gasteiger partial charge in [0, 0.05) is 23.3 Å². The minimum atomic E-state index is -3.59. The van der Waals surface area contributed by atoms with E-state index in [9.17, 15) is 13.2 Å².